The Morgan fingerprint density at radius 1 is 1.35 bits per heavy atom. The molecule has 0 saturated heterocycles. The maximum atomic E-state index is 12.3. The van der Waals surface area contributed by atoms with Crippen LogP contribution < -0.4 is 4.72 Å². The molecule has 23 heavy (non-hydrogen) atoms. The Balaban J connectivity index is 1.89. The molecule has 0 aliphatic carbocycles. The van der Waals surface area contributed by atoms with E-state index in [1.54, 1.807) is 6.07 Å². The third-order valence-corrected chi connectivity index (χ3v) is 6.17. The number of aromatic nitrogens is 2. The molecule has 0 saturated carbocycles. The smallest absolute Gasteiger partial charge is 0.273 e. The van der Waals surface area contributed by atoms with Gasteiger partial charge in [0.25, 0.3) is 10.0 Å². The van der Waals surface area contributed by atoms with Gasteiger partial charge in [-0.2, -0.15) is 0 Å². The van der Waals surface area contributed by atoms with Crippen LogP contribution in [0.3, 0.4) is 0 Å². The van der Waals surface area contributed by atoms with Gasteiger partial charge in [0.15, 0.2) is 4.21 Å². The number of likely N-dealkylation sites (N-methyl/N-ethyl adjacent to an activating group) is 1. The second-order valence-electron chi connectivity index (χ2n) is 5.55. The highest BCUT2D eigenvalue weighted by atomic mass is 32.2. The summed E-state index contributed by atoms with van der Waals surface area (Å²) in [5, 5.41) is 1.04. The normalized spacial score (nSPS) is 12.1. The number of nitrogens with one attached hydrogen (secondary N) is 2. The van der Waals surface area contributed by atoms with Gasteiger partial charge >= 0.3 is 0 Å². The molecule has 2 aromatic heterocycles. The highest BCUT2D eigenvalue weighted by Gasteiger charge is 2.16. The van der Waals surface area contributed by atoms with Crippen LogP contribution in [0.1, 0.15) is 5.56 Å². The summed E-state index contributed by atoms with van der Waals surface area (Å²) in [4.78, 5) is 9.16. The van der Waals surface area contributed by atoms with E-state index in [1.165, 1.54) is 17.3 Å². The third-order valence-electron chi connectivity index (χ3n) is 3.52. The fraction of sp³-hybridized carbons (Fsp3) is 0.267. The monoisotopic (exact) mass is 350 g/mol. The van der Waals surface area contributed by atoms with Crippen molar-refractivity contribution in [3.8, 4) is 0 Å². The predicted octanol–water partition coefficient (Wildman–Crippen LogP) is 2.53. The maximum Gasteiger partial charge on any atom is 0.273 e. The summed E-state index contributed by atoms with van der Waals surface area (Å²) >= 11 is 1.10. The van der Waals surface area contributed by atoms with Crippen molar-refractivity contribution in [2.45, 2.75) is 10.6 Å². The van der Waals surface area contributed by atoms with Crippen LogP contribution in [0.15, 0.2) is 40.3 Å². The minimum Gasteiger partial charge on any atom is -0.361 e. The summed E-state index contributed by atoms with van der Waals surface area (Å²) in [5.74, 6) is 0. The number of nitrogens with zero attached hydrogens (tertiary/aromatic N) is 2. The van der Waals surface area contributed by atoms with E-state index < -0.39 is 10.0 Å². The van der Waals surface area contributed by atoms with Gasteiger partial charge in [0.2, 0.25) is 0 Å². The quantitative estimate of drug-likeness (QED) is 0.716. The lowest BCUT2D eigenvalue weighted by Crippen LogP contribution is -2.14. The van der Waals surface area contributed by atoms with Crippen molar-refractivity contribution in [3.05, 3.63) is 41.7 Å². The Morgan fingerprint density at radius 2 is 2.17 bits per heavy atom. The lowest BCUT2D eigenvalue weighted by atomic mass is 10.1. The summed E-state index contributed by atoms with van der Waals surface area (Å²) in [6, 6.07) is 5.52. The predicted molar refractivity (Wildman–Crippen MR) is 93.5 cm³/mol. The molecule has 0 fully saturated rings. The summed E-state index contributed by atoms with van der Waals surface area (Å²) in [5.41, 5.74) is 4.23. The van der Waals surface area contributed by atoms with Gasteiger partial charge in [-0.1, -0.05) is 0 Å². The lowest BCUT2D eigenvalue weighted by Gasteiger charge is -2.09. The second-order valence-corrected chi connectivity index (χ2v) is 8.35. The van der Waals surface area contributed by atoms with Crippen LogP contribution in [-0.2, 0) is 16.4 Å². The van der Waals surface area contributed by atoms with E-state index in [9.17, 15) is 8.42 Å². The van der Waals surface area contributed by atoms with Crippen molar-refractivity contribution in [1.82, 2.24) is 14.9 Å². The molecule has 0 unspecified atom stereocenters. The van der Waals surface area contributed by atoms with E-state index >= 15 is 0 Å². The first-order chi connectivity index (χ1) is 11.0. The van der Waals surface area contributed by atoms with Gasteiger partial charge in [-0.25, -0.2) is 8.42 Å². The van der Waals surface area contributed by atoms with Crippen LogP contribution >= 0.6 is 11.3 Å². The zero-order valence-electron chi connectivity index (χ0n) is 12.9. The van der Waals surface area contributed by atoms with Crippen LogP contribution in [0.25, 0.3) is 10.9 Å². The zero-order valence-corrected chi connectivity index (χ0v) is 14.5. The topological polar surface area (TPSA) is 78.1 Å². The molecule has 0 spiro atoms. The number of H-pyrrole nitrogens is 1. The van der Waals surface area contributed by atoms with Crippen molar-refractivity contribution in [3.63, 3.8) is 0 Å². The molecule has 2 heterocycles. The molecule has 0 radical (unpaired) electrons. The summed E-state index contributed by atoms with van der Waals surface area (Å²) in [6.45, 7) is 0.934. The van der Waals surface area contributed by atoms with E-state index in [0.29, 0.717) is 5.69 Å². The van der Waals surface area contributed by atoms with Gasteiger partial charge in [-0.05, 0) is 44.3 Å². The number of hydrogen-bond donors (Lipinski definition) is 2. The Morgan fingerprint density at radius 3 is 2.87 bits per heavy atom. The van der Waals surface area contributed by atoms with Crippen LogP contribution in [0.4, 0.5) is 5.69 Å². The molecule has 0 bridgehead atoms. The highest BCUT2D eigenvalue weighted by molar-refractivity contribution is 7.94. The van der Waals surface area contributed by atoms with Crippen LogP contribution in [0.2, 0.25) is 0 Å². The molecule has 0 atom stereocenters. The van der Waals surface area contributed by atoms with E-state index in [2.05, 4.69) is 19.6 Å². The third kappa shape index (κ3) is 3.54. The standard InChI is InChI=1S/C15H18N4O2S2/c1-19(2)6-5-11-8-17-14-4-3-12(7-13(11)14)18-23(20,21)15-9-16-10-22-15/h3-4,7-10,17-18H,5-6H2,1-2H3. The fourth-order valence-corrected chi connectivity index (χ4v) is 4.18. The number of aromatic amines is 1. The highest BCUT2D eigenvalue weighted by Crippen LogP contribution is 2.25. The molecule has 3 aromatic rings. The van der Waals surface area contributed by atoms with E-state index in [1.807, 2.05) is 32.4 Å². The van der Waals surface area contributed by atoms with Gasteiger partial charge in [-0.3, -0.25) is 9.71 Å². The second kappa shape index (κ2) is 6.31. The van der Waals surface area contributed by atoms with Crippen molar-refractivity contribution in [1.29, 1.82) is 0 Å². The van der Waals surface area contributed by atoms with Gasteiger partial charge in [-0.15, -0.1) is 11.3 Å². The number of thiazole rings is 1. The van der Waals surface area contributed by atoms with Gasteiger partial charge in [0.1, 0.15) is 0 Å². The average Bonchev–Trinajstić information content (AvgIpc) is 3.14. The van der Waals surface area contributed by atoms with Crippen molar-refractivity contribution >= 4 is 38.0 Å². The van der Waals surface area contributed by atoms with Crippen molar-refractivity contribution < 1.29 is 8.42 Å². The molecule has 3 rings (SSSR count). The first kappa shape index (κ1) is 16.0. The molecule has 0 amide bonds. The molecule has 0 aliphatic heterocycles. The molecule has 2 N–H and O–H groups in total. The van der Waals surface area contributed by atoms with E-state index in [4.69, 9.17) is 0 Å². The van der Waals surface area contributed by atoms with Gasteiger partial charge in [0.05, 0.1) is 11.7 Å². The minimum atomic E-state index is -3.57. The zero-order chi connectivity index (χ0) is 16.4. The molecular weight excluding hydrogens is 332 g/mol. The van der Waals surface area contributed by atoms with Gasteiger partial charge in [0, 0.05) is 29.3 Å². The maximum absolute atomic E-state index is 12.3. The van der Waals surface area contributed by atoms with Crippen LogP contribution in [-0.4, -0.2) is 43.9 Å². The molecular formula is C15H18N4O2S2. The van der Waals surface area contributed by atoms with Gasteiger partial charge < -0.3 is 9.88 Å². The number of benzene rings is 1. The first-order valence-electron chi connectivity index (χ1n) is 7.12. The van der Waals surface area contributed by atoms with Crippen molar-refractivity contribution in [2.75, 3.05) is 25.4 Å². The van der Waals surface area contributed by atoms with Crippen LogP contribution in [0, 0.1) is 0 Å². The first-order valence-corrected chi connectivity index (χ1v) is 9.48. The number of sulfonamides is 1. The Kier molecular flexibility index (Phi) is 4.38. The van der Waals surface area contributed by atoms with Crippen molar-refractivity contribution in [2.24, 2.45) is 0 Å². The average molecular weight is 350 g/mol. The summed E-state index contributed by atoms with van der Waals surface area (Å²) in [7, 11) is 0.490. The Bertz CT molecular complexity index is 899. The lowest BCUT2D eigenvalue weighted by molar-refractivity contribution is 0.414. The summed E-state index contributed by atoms with van der Waals surface area (Å²) in [6.07, 6.45) is 4.23. The minimum absolute atomic E-state index is 0.208. The Hall–Kier alpha value is -1.90. The largest absolute Gasteiger partial charge is 0.361 e. The fourth-order valence-electron chi connectivity index (χ4n) is 2.34. The van der Waals surface area contributed by atoms with E-state index in [-0.39, 0.29) is 4.21 Å². The van der Waals surface area contributed by atoms with Crippen LogP contribution in [0.5, 0.6) is 0 Å². The summed E-state index contributed by atoms with van der Waals surface area (Å²) < 4.78 is 27.4. The molecule has 0 aliphatic rings. The molecule has 8 heteroatoms. The molecule has 122 valence electrons. The molecule has 1 aromatic carbocycles. The molecule has 6 nitrogen and oxygen atoms in total. The number of anilines is 1. The SMILES string of the molecule is CN(C)CCc1c[nH]c2ccc(NS(=O)(=O)c3cncs3)cc12. The number of fused-ring (bicyclic) bond motifs is 1. The number of rotatable bonds is 6. The Labute approximate surface area is 139 Å². The van der Waals surface area contributed by atoms with E-state index in [0.717, 1.165) is 35.2 Å². The number of hydrogen-bond acceptors (Lipinski definition) is 5.